The van der Waals surface area contributed by atoms with Gasteiger partial charge in [-0.15, -0.1) is 11.3 Å². The molecule has 2 heterocycles. The van der Waals surface area contributed by atoms with Crippen LogP contribution in [0.3, 0.4) is 0 Å². The molecule has 4 aromatic carbocycles. The van der Waals surface area contributed by atoms with E-state index in [1.165, 1.54) is 46.8 Å². The van der Waals surface area contributed by atoms with Crippen molar-refractivity contribution in [2.45, 2.75) is 24.2 Å². The number of ether oxygens (including phenoxy) is 1. The number of hydrogen-bond donors (Lipinski definition) is 3. The predicted molar refractivity (Wildman–Crippen MR) is 168 cm³/mol. The number of phenols is 3. The van der Waals surface area contributed by atoms with Crippen molar-refractivity contribution in [3.8, 4) is 28.7 Å². The third-order valence-electron chi connectivity index (χ3n) is 7.41. The van der Waals surface area contributed by atoms with Crippen LogP contribution in [0.15, 0.2) is 77.7 Å². The summed E-state index contributed by atoms with van der Waals surface area (Å²) >= 11 is 7.43. The van der Waals surface area contributed by atoms with E-state index in [-0.39, 0.29) is 26.2 Å². The maximum absolute atomic E-state index is 13.4. The summed E-state index contributed by atoms with van der Waals surface area (Å²) in [5.74, 6) is -3.64. The van der Waals surface area contributed by atoms with E-state index < -0.39 is 50.0 Å². The molecule has 1 fully saturated rings. The van der Waals surface area contributed by atoms with Gasteiger partial charge in [0.05, 0.1) is 26.4 Å². The first kappa shape index (κ1) is 30.5. The van der Waals surface area contributed by atoms with Crippen molar-refractivity contribution < 1.29 is 38.1 Å². The lowest BCUT2D eigenvalue weighted by Gasteiger charge is -2.26. The van der Waals surface area contributed by atoms with Crippen LogP contribution in [-0.4, -0.2) is 57.7 Å². The Morgan fingerprint density at radius 1 is 0.800 bits per heavy atom. The number of aromatic hydroxyl groups is 3. The van der Waals surface area contributed by atoms with Gasteiger partial charge in [0.1, 0.15) is 16.4 Å². The lowest BCUT2D eigenvalue weighted by molar-refractivity contribution is 0.103. The summed E-state index contributed by atoms with van der Waals surface area (Å²) in [6, 6.07) is 18.1. The lowest BCUT2D eigenvalue weighted by atomic mass is 9.97. The standard InChI is InChI=1S/C32H25ClN2O8S2/c33-23-16-20(12-13-26(23)45(41,42)35-14-4-1-5-15-35)43-19-10-8-18(9-11-19)27(36)21-17-22(29(38)31(40)28(21)37)30(39)32-34-24-6-2-3-7-25(24)44-32/h2-3,6-13,16-17,37-38,40H,1,4-5,14-15H2. The molecule has 1 aromatic heterocycles. The van der Waals surface area contributed by atoms with Crippen LogP contribution in [0.25, 0.3) is 10.2 Å². The highest BCUT2D eigenvalue weighted by Gasteiger charge is 2.29. The van der Waals surface area contributed by atoms with Crippen molar-refractivity contribution in [3.63, 3.8) is 0 Å². The van der Waals surface area contributed by atoms with Crippen molar-refractivity contribution >= 4 is 54.7 Å². The summed E-state index contributed by atoms with van der Waals surface area (Å²) in [5.41, 5.74) is -0.134. The monoisotopic (exact) mass is 664 g/mol. The molecule has 10 nitrogen and oxygen atoms in total. The Hall–Kier alpha value is -4.49. The molecule has 45 heavy (non-hydrogen) atoms. The number of aromatic nitrogens is 1. The number of thiazole rings is 1. The number of carbonyl (C=O) groups excluding carboxylic acids is 2. The number of phenolic OH excluding ortho intramolecular Hbond substituents is 3. The van der Waals surface area contributed by atoms with Crippen LogP contribution < -0.4 is 4.74 Å². The Bertz CT molecular complexity index is 2040. The second kappa shape index (κ2) is 12.1. The number of nitrogens with zero attached hydrogens (tertiary/aromatic N) is 2. The minimum atomic E-state index is -3.73. The highest BCUT2D eigenvalue weighted by Crippen LogP contribution is 2.42. The van der Waals surface area contributed by atoms with E-state index in [0.717, 1.165) is 41.4 Å². The second-order valence-corrected chi connectivity index (χ2v) is 13.7. The number of piperidine rings is 1. The van der Waals surface area contributed by atoms with Gasteiger partial charge in [-0.3, -0.25) is 9.59 Å². The maximum Gasteiger partial charge on any atom is 0.244 e. The normalized spacial score (nSPS) is 14.0. The summed E-state index contributed by atoms with van der Waals surface area (Å²) in [6.45, 7) is 0.897. The van der Waals surface area contributed by atoms with Gasteiger partial charge in [0.15, 0.2) is 22.3 Å². The molecule has 230 valence electrons. The third kappa shape index (κ3) is 5.85. The SMILES string of the molecule is O=C(c1ccc(Oc2ccc(S(=O)(=O)N3CCCCC3)c(Cl)c2)cc1)c1cc(C(=O)c2nc3ccccc3s2)c(O)c(O)c1O. The first-order valence-corrected chi connectivity index (χ1v) is 16.5. The van der Waals surface area contributed by atoms with Crippen molar-refractivity contribution in [3.05, 3.63) is 99.5 Å². The third-order valence-corrected chi connectivity index (χ3v) is 10.8. The molecule has 0 amide bonds. The zero-order valence-corrected chi connectivity index (χ0v) is 25.8. The van der Waals surface area contributed by atoms with Gasteiger partial charge in [0, 0.05) is 24.7 Å². The second-order valence-electron chi connectivity index (χ2n) is 10.3. The molecule has 0 radical (unpaired) electrons. The van der Waals surface area contributed by atoms with Crippen LogP contribution in [-0.2, 0) is 10.0 Å². The molecule has 0 atom stereocenters. The maximum atomic E-state index is 13.4. The Labute approximate surface area is 266 Å². The number of rotatable bonds is 8. The van der Waals surface area contributed by atoms with Crippen LogP contribution >= 0.6 is 22.9 Å². The zero-order chi connectivity index (χ0) is 31.9. The van der Waals surface area contributed by atoms with E-state index in [0.29, 0.717) is 24.4 Å². The minimum Gasteiger partial charge on any atom is -0.504 e. The molecule has 0 aliphatic carbocycles. The van der Waals surface area contributed by atoms with E-state index in [1.54, 1.807) is 24.3 Å². The highest BCUT2D eigenvalue weighted by molar-refractivity contribution is 7.89. The van der Waals surface area contributed by atoms with Gasteiger partial charge >= 0.3 is 0 Å². The van der Waals surface area contributed by atoms with Crippen LogP contribution in [0, 0.1) is 0 Å². The highest BCUT2D eigenvalue weighted by atomic mass is 35.5. The fourth-order valence-corrected chi connectivity index (χ4v) is 7.99. The topological polar surface area (TPSA) is 154 Å². The first-order chi connectivity index (χ1) is 21.5. The van der Waals surface area contributed by atoms with Crippen LogP contribution in [0.4, 0.5) is 0 Å². The first-order valence-electron chi connectivity index (χ1n) is 13.8. The zero-order valence-electron chi connectivity index (χ0n) is 23.4. The predicted octanol–water partition coefficient (Wildman–Crippen LogP) is 6.50. The Morgan fingerprint density at radius 3 is 2.11 bits per heavy atom. The number of para-hydroxylation sites is 1. The van der Waals surface area contributed by atoms with Gasteiger partial charge in [-0.1, -0.05) is 30.2 Å². The molecular formula is C32H25ClN2O8S2. The van der Waals surface area contributed by atoms with Gasteiger partial charge < -0.3 is 20.1 Å². The summed E-state index contributed by atoms with van der Waals surface area (Å²) in [7, 11) is -3.73. The van der Waals surface area contributed by atoms with Crippen molar-refractivity contribution in [1.82, 2.24) is 9.29 Å². The van der Waals surface area contributed by atoms with E-state index >= 15 is 0 Å². The van der Waals surface area contributed by atoms with E-state index in [4.69, 9.17) is 16.3 Å². The molecule has 13 heteroatoms. The van der Waals surface area contributed by atoms with Gasteiger partial charge in [-0.25, -0.2) is 13.4 Å². The van der Waals surface area contributed by atoms with E-state index in [9.17, 15) is 33.3 Å². The van der Waals surface area contributed by atoms with Crippen LogP contribution in [0.2, 0.25) is 5.02 Å². The molecule has 1 saturated heterocycles. The Morgan fingerprint density at radius 2 is 1.44 bits per heavy atom. The Balaban J connectivity index is 1.22. The minimum absolute atomic E-state index is 0.00250. The number of carbonyl (C=O) groups is 2. The van der Waals surface area contributed by atoms with Crippen molar-refractivity contribution in [1.29, 1.82) is 0 Å². The summed E-state index contributed by atoms with van der Waals surface area (Å²) in [5, 5.41) is 31.4. The summed E-state index contributed by atoms with van der Waals surface area (Å²) < 4.78 is 34.0. The molecule has 6 rings (SSSR count). The number of hydrogen-bond acceptors (Lipinski definition) is 10. The van der Waals surface area contributed by atoms with E-state index in [1.807, 2.05) is 0 Å². The number of ketones is 2. The average molecular weight is 665 g/mol. The van der Waals surface area contributed by atoms with Gasteiger partial charge in [-0.05, 0) is 67.4 Å². The average Bonchev–Trinajstić information content (AvgIpc) is 3.49. The molecule has 0 unspecified atom stereocenters. The fraction of sp³-hybridized carbons (Fsp3) is 0.156. The number of fused-ring (bicyclic) bond motifs is 1. The quantitative estimate of drug-likeness (QED) is 0.125. The van der Waals surface area contributed by atoms with Gasteiger partial charge in [-0.2, -0.15) is 4.31 Å². The molecule has 0 bridgehead atoms. The molecule has 1 aliphatic heterocycles. The largest absolute Gasteiger partial charge is 0.504 e. The lowest BCUT2D eigenvalue weighted by Crippen LogP contribution is -2.35. The van der Waals surface area contributed by atoms with E-state index in [2.05, 4.69) is 4.98 Å². The van der Waals surface area contributed by atoms with Crippen LogP contribution in [0.5, 0.6) is 28.7 Å². The van der Waals surface area contributed by atoms with Gasteiger partial charge in [0.25, 0.3) is 0 Å². The molecule has 1 aliphatic rings. The molecule has 3 N–H and O–H groups in total. The van der Waals surface area contributed by atoms with Crippen molar-refractivity contribution in [2.75, 3.05) is 13.1 Å². The summed E-state index contributed by atoms with van der Waals surface area (Å²) in [4.78, 5) is 30.9. The van der Waals surface area contributed by atoms with Crippen LogP contribution in [0.1, 0.15) is 50.5 Å². The number of sulfonamides is 1. The smallest absolute Gasteiger partial charge is 0.244 e. The molecule has 5 aromatic rings. The molecule has 0 spiro atoms. The fourth-order valence-electron chi connectivity index (χ4n) is 5.04. The molecular weight excluding hydrogens is 640 g/mol. The number of benzene rings is 4. The molecule has 0 saturated carbocycles. The number of halogens is 1. The summed E-state index contributed by atoms with van der Waals surface area (Å²) in [6.07, 6.45) is 2.59. The van der Waals surface area contributed by atoms with Gasteiger partial charge in [0.2, 0.25) is 21.6 Å². The van der Waals surface area contributed by atoms with Crippen molar-refractivity contribution in [2.24, 2.45) is 0 Å². The Kier molecular flexibility index (Phi) is 8.23.